The summed E-state index contributed by atoms with van der Waals surface area (Å²) in [5.41, 5.74) is -1.20. The second-order valence-electron chi connectivity index (χ2n) is 7.52. The van der Waals surface area contributed by atoms with Crippen molar-refractivity contribution in [1.82, 2.24) is 19.9 Å². The van der Waals surface area contributed by atoms with Crippen LogP contribution in [0.25, 0.3) is 16.2 Å². The number of fused-ring (bicyclic) bond motifs is 1. The summed E-state index contributed by atoms with van der Waals surface area (Å²) < 4.78 is 21.9. The van der Waals surface area contributed by atoms with Crippen LogP contribution < -0.4 is 15.6 Å². The van der Waals surface area contributed by atoms with Crippen LogP contribution in [0.5, 0.6) is 0 Å². The van der Waals surface area contributed by atoms with Crippen molar-refractivity contribution >= 4 is 40.1 Å². The summed E-state index contributed by atoms with van der Waals surface area (Å²) in [6, 6.07) is 0. The summed E-state index contributed by atoms with van der Waals surface area (Å²) >= 11 is 1.22. The zero-order valence-electron chi connectivity index (χ0n) is 18.0. The first kappa shape index (κ1) is 22.8. The number of carbonyl (C=O) groups is 2. The summed E-state index contributed by atoms with van der Waals surface area (Å²) in [5, 5.41) is 14.2. The number of nitrogens with one attached hydrogen (secondary N) is 1. The number of carboxylic acids is 1. The SMILES string of the molecule is CCOCCNC(=O)C1CN(c2nc3c(c(C)c2F)c(=O)c(C(=O)O)cn3-c2nccs2)C1. The molecule has 0 saturated carbocycles. The molecule has 0 spiro atoms. The number of aryl methyl sites for hydroxylation is 1. The van der Waals surface area contributed by atoms with E-state index in [1.54, 1.807) is 10.3 Å². The van der Waals surface area contributed by atoms with E-state index in [2.05, 4.69) is 15.3 Å². The lowest BCUT2D eigenvalue weighted by atomic mass is 9.98. The lowest BCUT2D eigenvalue weighted by molar-refractivity contribution is -0.125. The molecule has 1 saturated heterocycles. The minimum absolute atomic E-state index is 0.00183. The van der Waals surface area contributed by atoms with E-state index in [9.17, 15) is 19.5 Å². The lowest BCUT2D eigenvalue weighted by Gasteiger charge is -2.39. The van der Waals surface area contributed by atoms with Gasteiger partial charge in [-0.2, -0.15) is 0 Å². The Morgan fingerprint density at radius 3 is 2.79 bits per heavy atom. The molecule has 2 N–H and O–H groups in total. The number of hydrogen-bond acceptors (Lipinski definition) is 8. The smallest absolute Gasteiger partial charge is 0.341 e. The van der Waals surface area contributed by atoms with Crippen LogP contribution in [0.3, 0.4) is 0 Å². The highest BCUT2D eigenvalue weighted by atomic mass is 32.1. The van der Waals surface area contributed by atoms with Crippen molar-refractivity contribution in [1.29, 1.82) is 0 Å². The highest BCUT2D eigenvalue weighted by Gasteiger charge is 2.36. The van der Waals surface area contributed by atoms with Gasteiger partial charge in [-0.25, -0.2) is 19.2 Å². The number of ether oxygens (including phenoxy) is 1. The number of carboxylic acid groups (broad SMARTS) is 1. The summed E-state index contributed by atoms with van der Waals surface area (Å²) in [6.07, 6.45) is 2.69. The normalized spacial score (nSPS) is 13.8. The van der Waals surface area contributed by atoms with Crippen LogP contribution in [0.1, 0.15) is 22.8 Å². The van der Waals surface area contributed by atoms with Crippen LogP contribution in [0.15, 0.2) is 22.6 Å². The van der Waals surface area contributed by atoms with E-state index in [0.29, 0.717) is 24.9 Å². The van der Waals surface area contributed by atoms with Crippen LogP contribution in [0.4, 0.5) is 10.2 Å². The highest BCUT2D eigenvalue weighted by molar-refractivity contribution is 7.12. The molecular formula is C21H22FN5O5S. The van der Waals surface area contributed by atoms with Crippen molar-refractivity contribution in [2.45, 2.75) is 13.8 Å². The van der Waals surface area contributed by atoms with Crippen molar-refractivity contribution < 1.29 is 23.8 Å². The van der Waals surface area contributed by atoms with Crippen molar-refractivity contribution in [2.75, 3.05) is 37.7 Å². The average molecular weight is 476 g/mol. The van der Waals surface area contributed by atoms with E-state index in [-0.39, 0.29) is 47.3 Å². The summed E-state index contributed by atoms with van der Waals surface area (Å²) in [4.78, 5) is 46.9. The predicted molar refractivity (Wildman–Crippen MR) is 120 cm³/mol. The molecule has 1 amide bonds. The number of anilines is 1. The molecule has 3 aromatic rings. The number of amides is 1. The quantitative estimate of drug-likeness (QED) is 0.470. The van der Waals surface area contributed by atoms with Gasteiger partial charge >= 0.3 is 5.97 Å². The van der Waals surface area contributed by atoms with Gasteiger partial charge in [0.05, 0.1) is 17.9 Å². The topological polar surface area (TPSA) is 127 Å². The zero-order chi connectivity index (χ0) is 23.7. The minimum Gasteiger partial charge on any atom is -0.477 e. The van der Waals surface area contributed by atoms with E-state index in [0.717, 1.165) is 6.20 Å². The molecule has 0 atom stereocenters. The van der Waals surface area contributed by atoms with Gasteiger partial charge < -0.3 is 20.1 Å². The van der Waals surface area contributed by atoms with Gasteiger partial charge in [0.2, 0.25) is 11.3 Å². The Hall–Kier alpha value is -3.38. The predicted octanol–water partition coefficient (Wildman–Crippen LogP) is 1.58. The largest absolute Gasteiger partial charge is 0.477 e. The zero-order valence-corrected chi connectivity index (χ0v) is 18.8. The Labute approximate surface area is 191 Å². The molecule has 174 valence electrons. The van der Waals surface area contributed by atoms with Crippen LogP contribution >= 0.6 is 11.3 Å². The van der Waals surface area contributed by atoms with Crippen molar-refractivity contribution in [3.05, 3.63) is 44.9 Å². The highest BCUT2D eigenvalue weighted by Crippen LogP contribution is 2.31. The van der Waals surface area contributed by atoms with Gasteiger partial charge in [-0.05, 0) is 13.8 Å². The van der Waals surface area contributed by atoms with Gasteiger partial charge in [0.1, 0.15) is 5.56 Å². The fourth-order valence-corrected chi connectivity index (χ4v) is 4.29. The van der Waals surface area contributed by atoms with E-state index in [1.807, 2.05) is 6.92 Å². The second kappa shape index (κ2) is 9.24. The Bertz CT molecular complexity index is 1270. The first-order valence-electron chi connectivity index (χ1n) is 10.3. The first-order chi connectivity index (χ1) is 15.8. The fourth-order valence-electron chi connectivity index (χ4n) is 3.68. The van der Waals surface area contributed by atoms with Crippen molar-refractivity contribution in [3.63, 3.8) is 0 Å². The Morgan fingerprint density at radius 1 is 1.39 bits per heavy atom. The molecule has 4 heterocycles. The Kier molecular flexibility index (Phi) is 6.38. The maximum atomic E-state index is 15.3. The molecule has 0 bridgehead atoms. The number of hydrogen-bond donors (Lipinski definition) is 2. The maximum absolute atomic E-state index is 15.3. The van der Waals surface area contributed by atoms with Gasteiger partial charge in [0.15, 0.2) is 22.4 Å². The lowest BCUT2D eigenvalue weighted by Crippen LogP contribution is -2.54. The first-order valence-corrected chi connectivity index (χ1v) is 11.2. The number of aromatic carboxylic acids is 1. The molecule has 0 aliphatic carbocycles. The molecule has 1 fully saturated rings. The molecule has 12 heteroatoms. The van der Waals surface area contributed by atoms with Crippen LogP contribution in [0.2, 0.25) is 0 Å². The van der Waals surface area contributed by atoms with E-state index >= 15 is 4.39 Å². The third kappa shape index (κ3) is 4.18. The number of aromatic nitrogens is 3. The fraction of sp³-hybridized carbons (Fsp3) is 0.381. The number of rotatable bonds is 8. The van der Waals surface area contributed by atoms with Crippen molar-refractivity contribution in [3.8, 4) is 5.13 Å². The number of carbonyl (C=O) groups excluding carboxylic acids is 1. The third-order valence-corrected chi connectivity index (χ3v) is 6.22. The van der Waals surface area contributed by atoms with Gasteiger partial charge in [0.25, 0.3) is 0 Å². The molecule has 3 aromatic heterocycles. The van der Waals surface area contributed by atoms with Crippen molar-refractivity contribution in [2.24, 2.45) is 5.92 Å². The number of pyridine rings is 2. The van der Waals surface area contributed by atoms with Gasteiger partial charge in [-0.15, -0.1) is 11.3 Å². The summed E-state index contributed by atoms with van der Waals surface area (Å²) in [7, 11) is 0. The van der Waals surface area contributed by atoms with Gasteiger partial charge in [0, 0.05) is 49.6 Å². The number of thiazole rings is 1. The van der Waals surface area contributed by atoms with Crippen LogP contribution in [-0.2, 0) is 9.53 Å². The molecule has 10 nitrogen and oxygen atoms in total. The molecule has 0 unspecified atom stereocenters. The Balaban J connectivity index is 1.69. The molecular weight excluding hydrogens is 453 g/mol. The van der Waals surface area contributed by atoms with Gasteiger partial charge in [-0.1, -0.05) is 0 Å². The van der Waals surface area contributed by atoms with E-state index in [4.69, 9.17) is 4.74 Å². The minimum atomic E-state index is -1.42. The molecule has 1 aliphatic heterocycles. The van der Waals surface area contributed by atoms with Crippen LogP contribution in [0, 0.1) is 18.7 Å². The summed E-state index contributed by atoms with van der Waals surface area (Å²) in [5.74, 6) is -2.60. The third-order valence-electron chi connectivity index (χ3n) is 5.45. The maximum Gasteiger partial charge on any atom is 0.341 e. The molecule has 0 aromatic carbocycles. The average Bonchev–Trinajstić information content (AvgIpc) is 3.28. The second-order valence-corrected chi connectivity index (χ2v) is 8.40. The van der Waals surface area contributed by atoms with Crippen LogP contribution in [-0.4, -0.2) is 64.4 Å². The monoisotopic (exact) mass is 475 g/mol. The standard InChI is InChI=1S/C21H22FN5O5S/c1-3-32-6-4-23-19(29)12-8-26(9-12)18-15(22)11(2)14-16(28)13(20(30)31)10-27(17(14)25-18)21-24-5-7-33-21/h5,7,10,12H,3-4,6,8-9H2,1-2H3,(H,23,29)(H,30,31). The molecule has 33 heavy (non-hydrogen) atoms. The van der Waals surface area contributed by atoms with E-state index < -0.39 is 22.8 Å². The molecule has 0 radical (unpaired) electrons. The van der Waals surface area contributed by atoms with E-state index in [1.165, 1.54) is 29.0 Å². The van der Waals surface area contributed by atoms with Gasteiger partial charge in [-0.3, -0.25) is 14.2 Å². The molecule has 4 rings (SSSR count). The molecule has 1 aliphatic rings. The number of nitrogens with zero attached hydrogens (tertiary/aromatic N) is 4. The Morgan fingerprint density at radius 2 is 2.15 bits per heavy atom. The summed E-state index contributed by atoms with van der Waals surface area (Å²) in [6.45, 7) is 5.21. The number of halogens is 1.